The lowest BCUT2D eigenvalue weighted by atomic mass is 10.1. The van der Waals surface area contributed by atoms with Crippen molar-refractivity contribution in [2.45, 2.75) is 13.8 Å². The molecular weight excluding hydrogens is 244 g/mol. The lowest BCUT2D eigenvalue weighted by Crippen LogP contribution is -2.28. The van der Waals surface area contributed by atoms with Gasteiger partial charge in [-0.1, -0.05) is 0 Å². The quantitative estimate of drug-likeness (QED) is 0.602. The van der Waals surface area contributed by atoms with Gasteiger partial charge in [-0.15, -0.1) is 0 Å². The van der Waals surface area contributed by atoms with Gasteiger partial charge in [-0.05, 0) is 37.1 Å². The molecule has 2 aliphatic rings. The highest BCUT2D eigenvalue weighted by molar-refractivity contribution is 5.80. The summed E-state index contributed by atoms with van der Waals surface area (Å²) in [6.07, 6.45) is 0. The zero-order valence-corrected chi connectivity index (χ0v) is 10.7. The standard InChI is InChI=1S/C13H12N4O2/c1-6-4-8-9(5-7(6)2)17(3)11-10(14-8)12(18)16-13(19)15-11/h4-5H,1-3H3,(H,16,18,19)/i5D. The maximum atomic E-state index is 11.8. The van der Waals surface area contributed by atoms with E-state index in [4.69, 9.17) is 1.37 Å². The molecule has 6 heteroatoms. The fraction of sp³-hybridized carbons (Fsp3) is 0.231. The Labute approximate surface area is 109 Å². The number of benzene rings is 1. The summed E-state index contributed by atoms with van der Waals surface area (Å²) in [5.41, 5.74) is 1.68. The van der Waals surface area contributed by atoms with E-state index < -0.39 is 11.2 Å². The van der Waals surface area contributed by atoms with Crippen LogP contribution in [0.25, 0.3) is 22.6 Å². The van der Waals surface area contributed by atoms with Crippen LogP contribution in [-0.4, -0.2) is 19.5 Å². The normalized spacial score (nSPS) is 12.1. The third-order valence-electron chi connectivity index (χ3n) is 3.23. The molecule has 0 radical (unpaired) electrons. The van der Waals surface area contributed by atoms with E-state index in [0.717, 1.165) is 11.1 Å². The summed E-state index contributed by atoms with van der Waals surface area (Å²) in [6.45, 7) is 3.74. The zero-order chi connectivity index (χ0) is 14.6. The predicted molar refractivity (Wildman–Crippen MR) is 71.5 cm³/mol. The average Bonchev–Trinajstić information content (AvgIpc) is 2.37. The van der Waals surface area contributed by atoms with Crippen molar-refractivity contribution in [1.29, 1.82) is 0 Å². The number of hydrogen-bond acceptors (Lipinski definition) is 4. The van der Waals surface area contributed by atoms with Crippen LogP contribution in [0.3, 0.4) is 0 Å². The van der Waals surface area contributed by atoms with Crippen molar-refractivity contribution in [2.24, 2.45) is 7.05 Å². The van der Waals surface area contributed by atoms with Crippen molar-refractivity contribution >= 4 is 11.0 Å². The number of rotatable bonds is 0. The van der Waals surface area contributed by atoms with Gasteiger partial charge in [0, 0.05) is 7.05 Å². The maximum Gasteiger partial charge on any atom is 0.349 e. The Bertz CT molecular complexity index is 942. The Morgan fingerprint density at radius 3 is 2.74 bits per heavy atom. The number of aromatic nitrogens is 4. The summed E-state index contributed by atoms with van der Waals surface area (Å²) in [4.78, 5) is 33.3. The van der Waals surface area contributed by atoms with Gasteiger partial charge in [-0.3, -0.25) is 9.78 Å². The van der Waals surface area contributed by atoms with E-state index in [1.54, 1.807) is 11.6 Å². The Morgan fingerprint density at radius 1 is 1.26 bits per heavy atom. The number of aromatic amines is 1. The molecule has 0 amide bonds. The molecule has 1 aromatic rings. The molecule has 2 heterocycles. The van der Waals surface area contributed by atoms with Crippen LogP contribution in [0.15, 0.2) is 21.7 Å². The van der Waals surface area contributed by atoms with Crippen LogP contribution in [0.4, 0.5) is 0 Å². The Kier molecular flexibility index (Phi) is 2.05. The number of aryl methyl sites for hydroxylation is 2. The van der Waals surface area contributed by atoms with Gasteiger partial charge in [-0.2, -0.15) is 4.98 Å². The summed E-state index contributed by atoms with van der Waals surface area (Å²) < 4.78 is 9.77. The molecule has 1 aromatic carbocycles. The second-order valence-corrected chi connectivity index (χ2v) is 4.53. The first-order chi connectivity index (χ1) is 9.40. The first kappa shape index (κ1) is 10.4. The van der Waals surface area contributed by atoms with E-state index in [1.807, 2.05) is 19.9 Å². The van der Waals surface area contributed by atoms with E-state index in [9.17, 15) is 9.59 Å². The van der Waals surface area contributed by atoms with Crippen LogP contribution in [0.5, 0.6) is 0 Å². The van der Waals surface area contributed by atoms with Crippen molar-refractivity contribution in [1.82, 2.24) is 19.5 Å². The van der Waals surface area contributed by atoms with E-state index in [2.05, 4.69) is 15.0 Å². The topological polar surface area (TPSA) is 80.6 Å². The zero-order valence-electron chi connectivity index (χ0n) is 11.7. The minimum atomic E-state index is -0.713. The molecule has 3 rings (SSSR count). The van der Waals surface area contributed by atoms with Crippen molar-refractivity contribution in [2.75, 3.05) is 0 Å². The highest BCUT2D eigenvalue weighted by Gasteiger charge is 2.16. The number of nitrogens with one attached hydrogen (secondary N) is 1. The van der Waals surface area contributed by atoms with Crippen LogP contribution in [0, 0.1) is 13.8 Å². The summed E-state index contributed by atoms with van der Waals surface area (Å²) in [7, 11) is 1.67. The molecule has 0 bridgehead atoms. The first-order valence-electron chi connectivity index (χ1n) is 6.27. The molecule has 0 unspecified atom stereocenters. The molecule has 6 nitrogen and oxygen atoms in total. The van der Waals surface area contributed by atoms with Gasteiger partial charge in [-0.25, -0.2) is 9.78 Å². The van der Waals surface area contributed by atoms with Crippen molar-refractivity contribution in [3.8, 4) is 11.5 Å². The summed E-state index contributed by atoms with van der Waals surface area (Å²) in [6, 6.07) is 2.15. The number of nitrogens with zero attached hydrogens (tertiary/aromatic N) is 3. The van der Waals surface area contributed by atoms with Crippen LogP contribution in [0.2, 0.25) is 0 Å². The van der Waals surface area contributed by atoms with E-state index >= 15 is 0 Å². The first-order valence-corrected chi connectivity index (χ1v) is 5.77. The second-order valence-electron chi connectivity index (χ2n) is 4.53. The van der Waals surface area contributed by atoms with Crippen LogP contribution in [0.1, 0.15) is 12.5 Å². The number of H-pyrrole nitrogens is 1. The summed E-state index contributed by atoms with van der Waals surface area (Å²) in [5, 5.41) is 0. The number of fused-ring (bicyclic) bond motifs is 2. The largest absolute Gasteiger partial charge is 0.349 e. The smallest absolute Gasteiger partial charge is 0.325 e. The Hall–Kier alpha value is -2.50. The highest BCUT2D eigenvalue weighted by Crippen LogP contribution is 2.22. The summed E-state index contributed by atoms with van der Waals surface area (Å²) >= 11 is 0. The van der Waals surface area contributed by atoms with Crippen LogP contribution >= 0.6 is 0 Å². The SMILES string of the molecule is [2H]c1c(C)c(C)cc2nc3c(=O)[nH]c(=O)nc-3n(C)c12. The van der Waals surface area contributed by atoms with E-state index in [1.165, 1.54) is 0 Å². The Morgan fingerprint density at radius 2 is 2.00 bits per heavy atom. The summed E-state index contributed by atoms with van der Waals surface area (Å²) in [5.74, 6) is 0.183. The molecule has 19 heavy (non-hydrogen) atoms. The molecule has 0 atom stereocenters. The molecule has 0 spiro atoms. The van der Waals surface area contributed by atoms with Crippen LogP contribution in [-0.2, 0) is 7.05 Å². The number of hydrogen-bond donors (Lipinski definition) is 1. The average molecular weight is 257 g/mol. The van der Waals surface area contributed by atoms with Gasteiger partial charge in [0.25, 0.3) is 5.56 Å². The lowest BCUT2D eigenvalue weighted by Gasteiger charge is -2.13. The second kappa shape index (κ2) is 3.74. The van der Waals surface area contributed by atoms with Gasteiger partial charge >= 0.3 is 5.69 Å². The Balaban J connectivity index is 2.66. The van der Waals surface area contributed by atoms with Crippen molar-refractivity contribution in [3.63, 3.8) is 0 Å². The lowest BCUT2D eigenvalue weighted by molar-refractivity contribution is 0.870. The molecule has 0 saturated heterocycles. The molecule has 0 fully saturated rings. The predicted octanol–water partition coefficient (Wildman–Crippen LogP) is 0.738. The van der Waals surface area contributed by atoms with Gasteiger partial charge < -0.3 is 4.57 Å². The van der Waals surface area contributed by atoms with Gasteiger partial charge in [0.2, 0.25) is 0 Å². The molecule has 1 N–H and O–H groups in total. The van der Waals surface area contributed by atoms with Gasteiger partial charge in [0.1, 0.15) is 0 Å². The molecule has 0 aliphatic carbocycles. The monoisotopic (exact) mass is 257 g/mol. The molecular formula is C13H12N4O2. The molecule has 0 aromatic heterocycles. The maximum absolute atomic E-state index is 11.8. The third-order valence-corrected chi connectivity index (χ3v) is 3.23. The molecule has 2 aliphatic heterocycles. The van der Waals surface area contributed by atoms with Crippen molar-refractivity contribution < 1.29 is 1.37 Å². The van der Waals surface area contributed by atoms with E-state index in [0.29, 0.717) is 17.1 Å². The molecule has 0 saturated carbocycles. The highest BCUT2D eigenvalue weighted by atomic mass is 16.2. The minimum Gasteiger partial charge on any atom is -0.325 e. The fourth-order valence-corrected chi connectivity index (χ4v) is 2.06. The molecule has 96 valence electrons. The van der Waals surface area contributed by atoms with Crippen molar-refractivity contribution in [3.05, 3.63) is 44.1 Å². The van der Waals surface area contributed by atoms with E-state index in [-0.39, 0.29) is 11.5 Å². The van der Waals surface area contributed by atoms with Crippen LogP contribution < -0.4 is 11.2 Å². The van der Waals surface area contributed by atoms with Gasteiger partial charge in [0.05, 0.1) is 12.4 Å². The third kappa shape index (κ3) is 1.64. The fourth-order valence-electron chi connectivity index (χ4n) is 2.06. The van der Waals surface area contributed by atoms with Gasteiger partial charge in [0.15, 0.2) is 11.5 Å². The minimum absolute atomic E-state index is 0.0993.